The number of aliphatic hydroxyl groups excluding tert-OH is 1. The quantitative estimate of drug-likeness (QED) is 0.636. The summed E-state index contributed by atoms with van der Waals surface area (Å²) in [5.41, 5.74) is 0. The number of aliphatic hydroxyl groups is 1. The summed E-state index contributed by atoms with van der Waals surface area (Å²) < 4.78 is 9.85. The van der Waals surface area contributed by atoms with Gasteiger partial charge in [0.15, 0.2) is 6.10 Å². The van der Waals surface area contributed by atoms with E-state index in [0.717, 1.165) is 0 Å². The Kier molecular flexibility index (Phi) is 3.31. The zero-order valence-electron chi connectivity index (χ0n) is 7.77. The van der Waals surface area contributed by atoms with Crippen molar-refractivity contribution in [3.63, 3.8) is 0 Å². The van der Waals surface area contributed by atoms with E-state index < -0.39 is 12.2 Å². The van der Waals surface area contributed by atoms with Crippen molar-refractivity contribution in [2.24, 2.45) is 5.92 Å². The number of hydrogen-bond donors (Lipinski definition) is 1. The van der Waals surface area contributed by atoms with Gasteiger partial charge < -0.3 is 14.6 Å². The average molecular weight is 186 g/mol. The van der Waals surface area contributed by atoms with Gasteiger partial charge in [-0.3, -0.25) is 4.79 Å². The minimum absolute atomic E-state index is 0.0364. The topological polar surface area (TPSA) is 55.8 Å². The molecule has 0 fully saturated rings. The van der Waals surface area contributed by atoms with Gasteiger partial charge in [-0.1, -0.05) is 6.92 Å². The van der Waals surface area contributed by atoms with Gasteiger partial charge in [-0.2, -0.15) is 0 Å². The lowest BCUT2D eigenvalue weighted by atomic mass is 9.98. The summed E-state index contributed by atoms with van der Waals surface area (Å²) in [7, 11) is 0. The van der Waals surface area contributed by atoms with Crippen LogP contribution in [0.3, 0.4) is 0 Å². The molecule has 13 heavy (non-hydrogen) atoms. The van der Waals surface area contributed by atoms with Gasteiger partial charge in [0, 0.05) is 12.8 Å². The molecule has 0 aliphatic carbocycles. The first kappa shape index (κ1) is 10.1. The third-order valence-electron chi connectivity index (χ3n) is 2.01. The number of carbonyl (C=O) groups excluding carboxylic acids is 1. The second-order valence-corrected chi connectivity index (χ2v) is 3.16. The van der Waals surface area contributed by atoms with Crippen LogP contribution in [0.1, 0.15) is 13.8 Å². The van der Waals surface area contributed by atoms with Crippen molar-refractivity contribution in [3.05, 3.63) is 12.3 Å². The van der Waals surface area contributed by atoms with Crippen molar-refractivity contribution in [1.82, 2.24) is 0 Å². The first-order chi connectivity index (χ1) is 6.11. The standard InChI is InChI=1S/C9H14O4/c1-6-3-4-12-8(9(6)11)5-13-7(2)10/h3-4,6,8-9,11H,5H2,1-2H3. The highest BCUT2D eigenvalue weighted by Crippen LogP contribution is 2.17. The summed E-state index contributed by atoms with van der Waals surface area (Å²) in [5.74, 6) is -0.327. The number of hydrogen-bond acceptors (Lipinski definition) is 4. The molecule has 1 heterocycles. The second kappa shape index (κ2) is 4.28. The van der Waals surface area contributed by atoms with E-state index in [4.69, 9.17) is 9.47 Å². The van der Waals surface area contributed by atoms with Gasteiger partial charge in [0.1, 0.15) is 12.7 Å². The monoisotopic (exact) mass is 186 g/mol. The van der Waals surface area contributed by atoms with E-state index >= 15 is 0 Å². The van der Waals surface area contributed by atoms with Crippen LogP contribution in [-0.2, 0) is 14.3 Å². The maximum absolute atomic E-state index is 10.5. The van der Waals surface area contributed by atoms with Crippen LogP contribution < -0.4 is 0 Å². The fraction of sp³-hybridized carbons (Fsp3) is 0.667. The molecular weight excluding hydrogens is 172 g/mol. The Morgan fingerprint density at radius 1 is 1.69 bits per heavy atom. The fourth-order valence-electron chi connectivity index (χ4n) is 1.14. The molecule has 1 aliphatic rings. The van der Waals surface area contributed by atoms with Crippen LogP contribution in [0.5, 0.6) is 0 Å². The molecule has 1 N–H and O–H groups in total. The van der Waals surface area contributed by atoms with E-state index in [1.54, 1.807) is 6.08 Å². The predicted octanol–water partition coefficient (Wildman–Crippen LogP) is 0.459. The van der Waals surface area contributed by atoms with Crippen molar-refractivity contribution in [2.45, 2.75) is 26.1 Å². The molecule has 4 heteroatoms. The van der Waals surface area contributed by atoms with E-state index in [-0.39, 0.29) is 18.5 Å². The van der Waals surface area contributed by atoms with Crippen molar-refractivity contribution in [3.8, 4) is 0 Å². The third-order valence-corrected chi connectivity index (χ3v) is 2.01. The Morgan fingerprint density at radius 3 is 3.00 bits per heavy atom. The summed E-state index contributed by atoms with van der Waals surface area (Å²) in [5, 5.41) is 9.58. The molecule has 0 saturated heterocycles. The second-order valence-electron chi connectivity index (χ2n) is 3.16. The van der Waals surface area contributed by atoms with Crippen LogP contribution in [0.25, 0.3) is 0 Å². The molecule has 0 radical (unpaired) electrons. The lowest BCUT2D eigenvalue weighted by Crippen LogP contribution is -2.39. The van der Waals surface area contributed by atoms with Crippen molar-refractivity contribution >= 4 is 5.97 Å². The lowest BCUT2D eigenvalue weighted by molar-refractivity contribution is -0.147. The van der Waals surface area contributed by atoms with E-state index in [0.29, 0.717) is 0 Å². The number of rotatable bonds is 2. The first-order valence-electron chi connectivity index (χ1n) is 4.25. The number of ether oxygens (including phenoxy) is 2. The number of esters is 1. The molecule has 0 saturated carbocycles. The fourth-order valence-corrected chi connectivity index (χ4v) is 1.14. The molecule has 0 aromatic carbocycles. The van der Waals surface area contributed by atoms with Gasteiger partial charge in [0.25, 0.3) is 0 Å². The smallest absolute Gasteiger partial charge is 0.302 e. The van der Waals surface area contributed by atoms with Gasteiger partial charge in [-0.05, 0) is 6.08 Å². The minimum atomic E-state index is -0.607. The SMILES string of the molecule is CC(=O)OCC1OC=CC(C)C1O. The Bertz CT molecular complexity index is 212. The van der Waals surface area contributed by atoms with E-state index in [1.165, 1.54) is 13.2 Å². The van der Waals surface area contributed by atoms with Crippen molar-refractivity contribution in [1.29, 1.82) is 0 Å². The summed E-state index contributed by atoms with van der Waals surface area (Å²) in [4.78, 5) is 10.5. The van der Waals surface area contributed by atoms with Gasteiger partial charge in [0.05, 0.1) is 6.26 Å². The van der Waals surface area contributed by atoms with Crippen LogP contribution in [-0.4, -0.2) is 29.9 Å². The van der Waals surface area contributed by atoms with E-state index in [1.807, 2.05) is 6.92 Å². The van der Waals surface area contributed by atoms with E-state index in [9.17, 15) is 9.90 Å². The molecule has 1 aliphatic heterocycles. The molecule has 0 aromatic heterocycles. The highest BCUT2D eigenvalue weighted by atomic mass is 16.6. The van der Waals surface area contributed by atoms with Crippen molar-refractivity contribution < 1.29 is 19.4 Å². The molecule has 0 bridgehead atoms. The molecule has 1 rings (SSSR count). The van der Waals surface area contributed by atoms with E-state index in [2.05, 4.69) is 0 Å². The number of carbonyl (C=O) groups is 1. The zero-order valence-corrected chi connectivity index (χ0v) is 7.77. The molecular formula is C9H14O4. The Labute approximate surface area is 77.1 Å². The molecule has 4 nitrogen and oxygen atoms in total. The molecule has 0 spiro atoms. The minimum Gasteiger partial charge on any atom is -0.492 e. The van der Waals surface area contributed by atoms with Crippen molar-refractivity contribution in [2.75, 3.05) is 6.61 Å². The van der Waals surface area contributed by atoms with Crippen LogP contribution in [0.4, 0.5) is 0 Å². The highest BCUT2D eigenvalue weighted by molar-refractivity contribution is 5.65. The molecule has 0 aromatic rings. The van der Waals surface area contributed by atoms with Gasteiger partial charge in [-0.25, -0.2) is 0 Å². The van der Waals surface area contributed by atoms with Gasteiger partial charge in [-0.15, -0.1) is 0 Å². The van der Waals surface area contributed by atoms with Crippen LogP contribution in [0.2, 0.25) is 0 Å². The maximum Gasteiger partial charge on any atom is 0.302 e. The third kappa shape index (κ3) is 2.73. The Hall–Kier alpha value is -1.03. The maximum atomic E-state index is 10.5. The van der Waals surface area contributed by atoms with Crippen LogP contribution >= 0.6 is 0 Å². The first-order valence-corrected chi connectivity index (χ1v) is 4.25. The molecule has 3 atom stereocenters. The van der Waals surface area contributed by atoms with Crippen LogP contribution in [0.15, 0.2) is 12.3 Å². The Balaban J connectivity index is 2.42. The summed E-state index contributed by atoms with van der Waals surface area (Å²) >= 11 is 0. The summed E-state index contributed by atoms with van der Waals surface area (Å²) in [6.07, 6.45) is 2.26. The summed E-state index contributed by atoms with van der Waals surface area (Å²) in [6.45, 7) is 3.31. The van der Waals surface area contributed by atoms with Gasteiger partial charge >= 0.3 is 5.97 Å². The predicted molar refractivity (Wildman–Crippen MR) is 45.8 cm³/mol. The largest absolute Gasteiger partial charge is 0.492 e. The Morgan fingerprint density at radius 2 is 2.38 bits per heavy atom. The van der Waals surface area contributed by atoms with Gasteiger partial charge in [0.2, 0.25) is 0 Å². The summed E-state index contributed by atoms with van der Waals surface area (Å²) in [6, 6.07) is 0. The zero-order chi connectivity index (χ0) is 9.84. The molecule has 0 amide bonds. The van der Waals surface area contributed by atoms with Crippen LogP contribution in [0, 0.1) is 5.92 Å². The highest BCUT2D eigenvalue weighted by Gasteiger charge is 2.28. The average Bonchev–Trinajstić information content (AvgIpc) is 2.07. The lowest BCUT2D eigenvalue weighted by Gasteiger charge is -2.28. The molecule has 74 valence electrons. The normalized spacial score (nSPS) is 32.4. The molecule has 3 unspecified atom stereocenters.